The van der Waals surface area contributed by atoms with Crippen LogP contribution in [0.3, 0.4) is 0 Å². The molecule has 0 aromatic carbocycles. The molecule has 0 unspecified atom stereocenters. The molecule has 0 fully saturated rings. The van der Waals surface area contributed by atoms with Crippen LogP contribution in [0.1, 0.15) is 5.82 Å². The van der Waals surface area contributed by atoms with Gasteiger partial charge in [0.15, 0.2) is 0 Å². The molecule has 18 heavy (non-hydrogen) atoms. The lowest BCUT2D eigenvalue weighted by Gasteiger charge is -2.05. The molecule has 2 aromatic rings. The summed E-state index contributed by atoms with van der Waals surface area (Å²) in [4.78, 5) is 30.3. The molecule has 2 aromatic heterocycles. The smallest absolute Gasteiger partial charge is 0.347 e. The van der Waals surface area contributed by atoms with E-state index in [-0.39, 0.29) is 12.5 Å². The van der Waals surface area contributed by atoms with Gasteiger partial charge in [0, 0.05) is 25.4 Å². The highest BCUT2D eigenvalue weighted by molar-refractivity contribution is 5.75. The van der Waals surface area contributed by atoms with Crippen LogP contribution >= 0.6 is 0 Å². The van der Waals surface area contributed by atoms with E-state index in [4.69, 9.17) is 0 Å². The van der Waals surface area contributed by atoms with Crippen LogP contribution in [0, 0.1) is 0 Å². The lowest BCUT2D eigenvalue weighted by Crippen LogP contribution is -2.33. The molecular formula is C10H12N6O2. The van der Waals surface area contributed by atoms with Gasteiger partial charge in [0.05, 0.1) is 0 Å². The number of aromatic amines is 1. The van der Waals surface area contributed by atoms with E-state index in [0.717, 1.165) is 0 Å². The van der Waals surface area contributed by atoms with Crippen LogP contribution in [0.2, 0.25) is 0 Å². The van der Waals surface area contributed by atoms with Crippen LogP contribution < -0.4 is 11.0 Å². The van der Waals surface area contributed by atoms with Crippen molar-refractivity contribution in [2.24, 2.45) is 0 Å². The van der Waals surface area contributed by atoms with Crippen LogP contribution in [-0.2, 0) is 17.8 Å². The topological polar surface area (TPSA) is 106 Å². The van der Waals surface area contributed by atoms with Gasteiger partial charge in [-0.15, -0.1) is 0 Å². The van der Waals surface area contributed by atoms with Crippen LogP contribution in [0.5, 0.6) is 0 Å². The summed E-state index contributed by atoms with van der Waals surface area (Å²) in [7, 11) is 0. The maximum atomic E-state index is 11.5. The third-order valence-corrected chi connectivity index (χ3v) is 2.25. The van der Waals surface area contributed by atoms with Crippen molar-refractivity contribution < 1.29 is 4.79 Å². The molecule has 0 bridgehead atoms. The van der Waals surface area contributed by atoms with E-state index in [2.05, 4.69) is 25.5 Å². The fourth-order valence-corrected chi connectivity index (χ4v) is 1.39. The van der Waals surface area contributed by atoms with E-state index < -0.39 is 5.69 Å². The molecule has 94 valence electrons. The van der Waals surface area contributed by atoms with Gasteiger partial charge >= 0.3 is 5.69 Å². The Morgan fingerprint density at radius 3 is 3.06 bits per heavy atom. The van der Waals surface area contributed by atoms with Crippen LogP contribution in [0.25, 0.3) is 0 Å². The Labute approximate surface area is 102 Å². The second kappa shape index (κ2) is 5.71. The number of carbonyl (C=O) groups is 1. The number of nitrogens with zero attached hydrogens (tertiary/aromatic N) is 4. The van der Waals surface area contributed by atoms with E-state index in [1.54, 1.807) is 6.07 Å². The Kier molecular flexibility index (Phi) is 3.79. The van der Waals surface area contributed by atoms with Crippen molar-refractivity contribution in [3.63, 3.8) is 0 Å². The summed E-state index contributed by atoms with van der Waals surface area (Å²) < 4.78 is 1.24. The molecule has 2 N–H and O–H groups in total. The van der Waals surface area contributed by atoms with E-state index in [9.17, 15) is 9.59 Å². The highest BCUT2D eigenvalue weighted by Crippen LogP contribution is 1.86. The minimum atomic E-state index is -0.442. The Hall–Kier alpha value is -2.51. The summed E-state index contributed by atoms with van der Waals surface area (Å²) in [5.41, 5.74) is -0.442. The second-order valence-electron chi connectivity index (χ2n) is 3.56. The van der Waals surface area contributed by atoms with Gasteiger partial charge in [-0.1, -0.05) is 0 Å². The monoisotopic (exact) mass is 248 g/mol. The van der Waals surface area contributed by atoms with Crippen molar-refractivity contribution in [3.8, 4) is 0 Å². The SMILES string of the molecule is O=C(Cn1cccnc1=O)NCCc1ncn[nH]1. The van der Waals surface area contributed by atoms with E-state index >= 15 is 0 Å². The summed E-state index contributed by atoms with van der Waals surface area (Å²) in [6, 6.07) is 1.60. The number of amides is 1. The number of nitrogens with one attached hydrogen (secondary N) is 2. The van der Waals surface area contributed by atoms with Gasteiger partial charge in [0.2, 0.25) is 5.91 Å². The molecule has 2 heterocycles. The molecule has 0 saturated heterocycles. The first kappa shape index (κ1) is 12.0. The molecule has 0 aliphatic rings. The zero-order chi connectivity index (χ0) is 12.8. The van der Waals surface area contributed by atoms with E-state index in [1.165, 1.54) is 23.3 Å². The molecule has 2 rings (SSSR count). The van der Waals surface area contributed by atoms with Crippen LogP contribution in [-0.4, -0.2) is 37.2 Å². The van der Waals surface area contributed by atoms with Crippen molar-refractivity contribution in [2.45, 2.75) is 13.0 Å². The molecule has 0 atom stereocenters. The molecule has 8 heteroatoms. The summed E-state index contributed by atoms with van der Waals surface area (Å²) in [5, 5.41) is 9.07. The number of hydrogen-bond acceptors (Lipinski definition) is 5. The predicted octanol–water partition coefficient (Wildman–Crippen LogP) is -1.28. The summed E-state index contributed by atoms with van der Waals surface area (Å²) >= 11 is 0. The Morgan fingerprint density at radius 2 is 2.33 bits per heavy atom. The first-order valence-corrected chi connectivity index (χ1v) is 5.38. The quantitative estimate of drug-likeness (QED) is 0.685. The highest BCUT2D eigenvalue weighted by atomic mass is 16.2. The minimum Gasteiger partial charge on any atom is -0.354 e. The van der Waals surface area contributed by atoms with Crippen LogP contribution in [0.4, 0.5) is 0 Å². The van der Waals surface area contributed by atoms with Gasteiger partial charge < -0.3 is 5.32 Å². The van der Waals surface area contributed by atoms with Crippen molar-refractivity contribution in [1.82, 2.24) is 30.0 Å². The molecule has 0 aliphatic heterocycles. The third kappa shape index (κ3) is 3.24. The number of H-pyrrole nitrogens is 1. The number of aromatic nitrogens is 5. The van der Waals surface area contributed by atoms with Crippen LogP contribution in [0.15, 0.2) is 29.6 Å². The van der Waals surface area contributed by atoms with Gasteiger partial charge in [-0.05, 0) is 6.07 Å². The third-order valence-electron chi connectivity index (χ3n) is 2.25. The fourth-order valence-electron chi connectivity index (χ4n) is 1.39. The van der Waals surface area contributed by atoms with Gasteiger partial charge in [0.25, 0.3) is 0 Å². The maximum absolute atomic E-state index is 11.5. The average Bonchev–Trinajstić information content (AvgIpc) is 2.85. The normalized spacial score (nSPS) is 10.2. The number of hydrogen-bond donors (Lipinski definition) is 2. The molecule has 1 amide bonds. The largest absolute Gasteiger partial charge is 0.354 e. The summed E-state index contributed by atoms with van der Waals surface area (Å²) in [6.45, 7) is 0.395. The zero-order valence-corrected chi connectivity index (χ0v) is 9.54. The van der Waals surface area contributed by atoms with Gasteiger partial charge in [-0.25, -0.2) is 14.8 Å². The Bertz CT molecular complexity index is 562. The van der Waals surface area contributed by atoms with Gasteiger partial charge in [-0.2, -0.15) is 5.10 Å². The van der Waals surface area contributed by atoms with E-state index in [0.29, 0.717) is 18.8 Å². The molecule has 0 spiro atoms. The summed E-state index contributed by atoms with van der Waals surface area (Å²) in [6.07, 6.45) is 4.88. The number of rotatable bonds is 5. The van der Waals surface area contributed by atoms with Gasteiger partial charge in [-0.3, -0.25) is 14.5 Å². The van der Waals surface area contributed by atoms with Crippen molar-refractivity contribution in [2.75, 3.05) is 6.54 Å². The first-order valence-electron chi connectivity index (χ1n) is 5.38. The summed E-state index contributed by atoms with van der Waals surface area (Å²) in [5.74, 6) is 0.457. The number of carbonyl (C=O) groups excluding carboxylic acids is 1. The molecule has 0 saturated carbocycles. The lowest BCUT2D eigenvalue weighted by molar-refractivity contribution is -0.121. The molecule has 8 nitrogen and oxygen atoms in total. The predicted molar refractivity (Wildman–Crippen MR) is 61.6 cm³/mol. The lowest BCUT2D eigenvalue weighted by atomic mass is 10.4. The maximum Gasteiger partial charge on any atom is 0.347 e. The Balaban J connectivity index is 1.79. The van der Waals surface area contributed by atoms with E-state index in [1.807, 2.05) is 0 Å². The zero-order valence-electron chi connectivity index (χ0n) is 9.54. The van der Waals surface area contributed by atoms with Gasteiger partial charge in [0.1, 0.15) is 18.7 Å². The molecule has 0 radical (unpaired) electrons. The minimum absolute atomic E-state index is 0.0386. The molecular weight excluding hydrogens is 236 g/mol. The van der Waals surface area contributed by atoms with Crippen molar-refractivity contribution in [3.05, 3.63) is 41.1 Å². The van der Waals surface area contributed by atoms with Crippen molar-refractivity contribution >= 4 is 5.91 Å². The fraction of sp³-hybridized carbons (Fsp3) is 0.300. The second-order valence-corrected chi connectivity index (χ2v) is 3.56. The van der Waals surface area contributed by atoms with Crippen molar-refractivity contribution in [1.29, 1.82) is 0 Å². The highest BCUT2D eigenvalue weighted by Gasteiger charge is 2.04. The Morgan fingerprint density at radius 1 is 1.44 bits per heavy atom. The molecule has 0 aliphatic carbocycles. The first-order chi connectivity index (χ1) is 8.75. The standard InChI is InChI=1S/C10H12N6O2/c17-9(6-16-5-1-3-12-10(16)18)11-4-2-8-13-7-14-15-8/h1,3,5,7H,2,4,6H2,(H,11,17)(H,13,14,15). The average molecular weight is 248 g/mol.